The number of carbonyl (C=O) groups is 1. The molecule has 2 heterocycles. The van der Waals surface area contributed by atoms with Crippen molar-refractivity contribution in [3.63, 3.8) is 0 Å². The second-order valence-electron chi connectivity index (χ2n) is 6.82. The Balaban J connectivity index is 1.84. The van der Waals surface area contributed by atoms with Gasteiger partial charge in [-0.2, -0.15) is 0 Å². The van der Waals surface area contributed by atoms with Gasteiger partial charge in [0.2, 0.25) is 0 Å². The molecule has 0 saturated carbocycles. The molecule has 8 heteroatoms. The van der Waals surface area contributed by atoms with Crippen LogP contribution >= 0.6 is 11.8 Å². The molecule has 1 fully saturated rings. The topological polar surface area (TPSA) is 83.5 Å². The number of hydrogen-bond acceptors (Lipinski definition) is 6. The highest BCUT2D eigenvalue weighted by Crippen LogP contribution is 2.29. The van der Waals surface area contributed by atoms with Crippen LogP contribution in [0.3, 0.4) is 0 Å². The van der Waals surface area contributed by atoms with Crippen molar-refractivity contribution in [1.82, 2.24) is 15.6 Å². The highest BCUT2D eigenvalue weighted by Gasteiger charge is 2.29. The van der Waals surface area contributed by atoms with E-state index in [0.717, 1.165) is 11.3 Å². The first-order valence-electron chi connectivity index (χ1n) is 9.66. The molecule has 29 heavy (non-hydrogen) atoms. The van der Waals surface area contributed by atoms with E-state index in [9.17, 15) is 14.3 Å². The molecule has 156 valence electrons. The summed E-state index contributed by atoms with van der Waals surface area (Å²) in [5.41, 5.74) is 2.69. The minimum Gasteiger partial charge on any atom is -0.395 e. The Morgan fingerprint density at radius 2 is 2.28 bits per heavy atom. The number of aryl methyl sites for hydroxylation is 1. The second kappa shape index (κ2) is 10.2. The van der Waals surface area contributed by atoms with Gasteiger partial charge in [-0.05, 0) is 42.0 Å². The number of aliphatic hydroxyl groups is 1. The number of halogens is 1. The lowest BCUT2D eigenvalue weighted by molar-refractivity contribution is -0.0236. The van der Waals surface area contributed by atoms with Crippen LogP contribution in [0.5, 0.6) is 0 Å². The maximum Gasteiger partial charge on any atom is 0.254 e. The Bertz CT molecular complexity index is 865. The van der Waals surface area contributed by atoms with Crippen LogP contribution < -0.4 is 10.6 Å². The number of ether oxygens (including phenoxy) is 1. The molecule has 0 radical (unpaired) electrons. The Hall–Kier alpha value is -2.00. The van der Waals surface area contributed by atoms with E-state index in [0.29, 0.717) is 35.0 Å². The summed E-state index contributed by atoms with van der Waals surface area (Å²) in [5.74, 6) is 0.177. The van der Waals surface area contributed by atoms with Crippen molar-refractivity contribution in [2.45, 2.75) is 37.6 Å². The molecule has 1 unspecified atom stereocenters. The lowest BCUT2D eigenvalue weighted by Crippen LogP contribution is -2.46. The summed E-state index contributed by atoms with van der Waals surface area (Å²) >= 11 is 1.49. The van der Waals surface area contributed by atoms with Gasteiger partial charge < -0.3 is 20.5 Å². The quantitative estimate of drug-likeness (QED) is 0.599. The van der Waals surface area contributed by atoms with E-state index in [-0.39, 0.29) is 37.0 Å². The summed E-state index contributed by atoms with van der Waals surface area (Å²) in [7, 11) is 0. The normalized spacial score (nSPS) is 19.2. The van der Waals surface area contributed by atoms with E-state index in [1.165, 1.54) is 23.9 Å². The number of aromatic nitrogens is 1. The maximum atomic E-state index is 13.4. The number of nitrogens with zero attached hydrogens (tertiary/aromatic N) is 1. The number of nitrogens with one attached hydrogen (secondary N) is 2. The van der Waals surface area contributed by atoms with Gasteiger partial charge in [0.15, 0.2) is 0 Å². The van der Waals surface area contributed by atoms with Crippen LogP contribution in [0.1, 0.15) is 40.2 Å². The van der Waals surface area contributed by atoms with Gasteiger partial charge in [0.1, 0.15) is 16.9 Å². The van der Waals surface area contributed by atoms with Gasteiger partial charge in [-0.1, -0.05) is 19.1 Å². The third-order valence-corrected chi connectivity index (χ3v) is 5.57. The molecule has 1 aromatic heterocycles. The van der Waals surface area contributed by atoms with E-state index in [4.69, 9.17) is 9.72 Å². The van der Waals surface area contributed by atoms with Crippen molar-refractivity contribution in [3.8, 4) is 0 Å². The van der Waals surface area contributed by atoms with E-state index in [1.54, 1.807) is 12.1 Å². The fraction of sp³-hybridized carbons (Fsp3) is 0.429. The molecular weight excluding hydrogens is 393 g/mol. The molecule has 2 aromatic rings. The molecular formula is C21H26FN3O3S. The number of amides is 1. The summed E-state index contributed by atoms with van der Waals surface area (Å²) in [6, 6.07) is 7.77. The minimum atomic E-state index is -0.368. The number of carbonyl (C=O) groups excluding carboxylic acids is 1. The van der Waals surface area contributed by atoms with E-state index < -0.39 is 0 Å². The Morgan fingerprint density at radius 3 is 3.00 bits per heavy atom. The molecule has 6 nitrogen and oxygen atoms in total. The summed E-state index contributed by atoms with van der Waals surface area (Å²) in [4.78, 5) is 17.6. The smallest absolute Gasteiger partial charge is 0.254 e. The summed E-state index contributed by atoms with van der Waals surface area (Å²) in [6.45, 7) is 5.25. The molecule has 0 aliphatic carbocycles. The van der Waals surface area contributed by atoms with Gasteiger partial charge in [-0.25, -0.2) is 9.37 Å². The molecule has 1 aromatic carbocycles. The summed E-state index contributed by atoms with van der Waals surface area (Å²) in [6.07, 6.45) is -0.368. The highest BCUT2D eigenvalue weighted by atomic mass is 32.2. The number of thioether (sulfide) groups is 1. The van der Waals surface area contributed by atoms with Crippen molar-refractivity contribution in [3.05, 3.63) is 58.5 Å². The molecule has 1 aliphatic rings. The first kappa shape index (κ1) is 21.7. The zero-order chi connectivity index (χ0) is 20.8. The van der Waals surface area contributed by atoms with Gasteiger partial charge in [0, 0.05) is 13.1 Å². The van der Waals surface area contributed by atoms with Gasteiger partial charge in [-0.15, -0.1) is 11.8 Å². The maximum absolute atomic E-state index is 13.4. The lowest BCUT2D eigenvalue weighted by Gasteiger charge is -2.31. The number of benzene rings is 1. The van der Waals surface area contributed by atoms with Crippen LogP contribution in [0.25, 0.3) is 0 Å². The first-order chi connectivity index (χ1) is 14.0. The molecule has 1 saturated heterocycles. The van der Waals surface area contributed by atoms with Gasteiger partial charge in [-0.3, -0.25) is 4.79 Å². The number of hydrogen-bond donors (Lipinski definition) is 3. The lowest BCUT2D eigenvalue weighted by atomic mass is 10.0. The van der Waals surface area contributed by atoms with Crippen molar-refractivity contribution in [2.24, 2.45) is 0 Å². The van der Waals surface area contributed by atoms with Crippen LogP contribution in [0.15, 0.2) is 35.4 Å². The van der Waals surface area contributed by atoms with Crippen molar-refractivity contribution in [2.75, 3.05) is 25.5 Å². The molecule has 1 aliphatic heterocycles. The minimum absolute atomic E-state index is 0.0580. The zero-order valence-corrected chi connectivity index (χ0v) is 17.4. The van der Waals surface area contributed by atoms with Gasteiger partial charge in [0.25, 0.3) is 5.91 Å². The standard InChI is InChI=1S/C21H26FN3O3S/c1-3-29-21-18(20(27)24-11-14-5-4-6-15(22)10-14)13(2)9-16(25-21)19-17(12-26)23-7-8-28-19/h4-6,9-10,17,19,23,26H,3,7-8,11-12H2,1-2H3,(H,24,27)/t17-,19?/m0/s1. The second-order valence-corrected chi connectivity index (χ2v) is 8.08. The molecule has 0 bridgehead atoms. The SMILES string of the molecule is CCSc1nc(C2OCCN[C@H]2CO)cc(C)c1C(=O)NCc1cccc(F)c1. The Morgan fingerprint density at radius 1 is 1.45 bits per heavy atom. The van der Waals surface area contributed by atoms with Crippen LogP contribution in [-0.2, 0) is 11.3 Å². The predicted molar refractivity (Wildman–Crippen MR) is 111 cm³/mol. The number of pyridine rings is 1. The first-order valence-corrected chi connectivity index (χ1v) is 10.6. The highest BCUT2D eigenvalue weighted by molar-refractivity contribution is 7.99. The summed E-state index contributed by atoms with van der Waals surface area (Å²) in [5, 5.41) is 16.4. The molecule has 2 atom stereocenters. The number of rotatable bonds is 7. The van der Waals surface area contributed by atoms with Crippen molar-refractivity contribution in [1.29, 1.82) is 0 Å². The molecule has 3 rings (SSSR count). The Labute approximate surface area is 174 Å². The molecule has 0 spiro atoms. The largest absolute Gasteiger partial charge is 0.395 e. The molecule has 1 amide bonds. The Kier molecular flexibility index (Phi) is 7.60. The number of aliphatic hydroxyl groups excluding tert-OH is 1. The fourth-order valence-electron chi connectivity index (χ4n) is 3.35. The summed E-state index contributed by atoms with van der Waals surface area (Å²) < 4.78 is 19.2. The van der Waals surface area contributed by atoms with Crippen LogP contribution in [0, 0.1) is 12.7 Å². The van der Waals surface area contributed by atoms with Crippen LogP contribution in [0.4, 0.5) is 4.39 Å². The van der Waals surface area contributed by atoms with Gasteiger partial charge >= 0.3 is 0 Å². The van der Waals surface area contributed by atoms with Crippen molar-refractivity contribution >= 4 is 17.7 Å². The molecule has 3 N–H and O–H groups in total. The van der Waals surface area contributed by atoms with E-state index in [2.05, 4.69) is 10.6 Å². The monoisotopic (exact) mass is 419 g/mol. The van der Waals surface area contributed by atoms with Crippen molar-refractivity contribution < 1.29 is 19.0 Å². The fourth-order valence-corrected chi connectivity index (χ4v) is 4.20. The third-order valence-electron chi connectivity index (χ3n) is 4.71. The predicted octanol–water partition coefficient (Wildman–Crippen LogP) is 2.59. The van der Waals surface area contributed by atoms with E-state index in [1.807, 2.05) is 19.9 Å². The number of morpholine rings is 1. The zero-order valence-electron chi connectivity index (χ0n) is 16.6. The van der Waals surface area contributed by atoms with Crippen LogP contribution in [-0.4, -0.2) is 47.6 Å². The van der Waals surface area contributed by atoms with Crippen LogP contribution in [0.2, 0.25) is 0 Å². The third kappa shape index (κ3) is 5.33. The average molecular weight is 420 g/mol. The van der Waals surface area contributed by atoms with E-state index >= 15 is 0 Å². The van der Waals surface area contributed by atoms with Gasteiger partial charge in [0.05, 0.1) is 30.5 Å². The average Bonchev–Trinajstić information content (AvgIpc) is 2.72.